The highest BCUT2D eigenvalue weighted by Gasteiger charge is 2.34. The van der Waals surface area contributed by atoms with Crippen molar-refractivity contribution in [2.24, 2.45) is 0 Å². The summed E-state index contributed by atoms with van der Waals surface area (Å²) in [5.74, 6) is 1.17. The number of thioether (sulfide) groups is 1. The van der Waals surface area contributed by atoms with Gasteiger partial charge in [0.2, 0.25) is 11.8 Å². The smallest absolute Gasteiger partial charge is 0.239 e. The highest BCUT2D eigenvalue weighted by Crippen LogP contribution is 2.39. The molecule has 1 aliphatic heterocycles. The molecule has 4 nitrogen and oxygen atoms in total. The van der Waals surface area contributed by atoms with Crippen molar-refractivity contribution >= 4 is 23.6 Å². The monoisotopic (exact) mass is 346 g/mol. The summed E-state index contributed by atoms with van der Waals surface area (Å²) in [7, 11) is 0. The van der Waals surface area contributed by atoms with Crippen LogP contribution in [-0.4, -0.2) is 41.4 Å². The number of benzene rings is 1. The minimum Gasteiger partial charge on any atom is -0.354 e. The number of aryl methyl sites for hydroxylation is 1. The topological polar surface area (TPSA) is 49.4 Å². The standard InChI is InChI=1S/C19H26N2O2S/c1-15-6-5-7-16(10-15)19(8-3-2-4-9-19)13-20-17(22)11-21-14-24-12-18(21)23/h5-7,10H,2-4,8-9,11-14H2,1H3,(H,20,22). The van der Waals surface area contributed by atoms with Gasteiger partial charge in [0.25, 0.3) is 0 Å². The number of rotatable bonds is 5. The lowest BCUT2D eigenvalue weighted by Crippen LogP contribution is -2.45. The highest BCUT2D eigenvalue weighted by atomic mass is 32.2. The van der Waals surface area contributed by atoms with Gasteiger partial charge in [-0.2, -0.15) is 0 Å². The maximum Gasteiger partial charge on any atom is 0.239 e. The third-order valence-electron chi connectivity index (χ3n) is 5.22. The van der Waals surface area contributed by atoms with E-state index < -0.39 is 0 Å². The summed E-state index contributed by atoms with van der Waals surface area (Å²) in [6, 6.07) is 8.70. The van der Waals surface area contributed by atoms with Crippen LogP contribution in [0.25, 0.3) is 0 Å². The lowest BCUT2D eigenvalue weighted by molar-refractivity contribution is -0.132. The second-order valence-electron chi connectivity index (χ2n) is 7.06. The second-order valence-corrected chi connectivity index (χ2v) is 8.01. The van der Waals surface area contributed by atoms with Crippen LogP contribution in [0.4, 0.5) is 0 Å². The van der Waals surface area contributed by atoms with Gasteiger partial charge in [-0.05, 0) is 25.3 Å². The van der Waals surface area contributed by atoms with Gasteiger partial charge in [0.05, 0.1) is 11.6 Å². The normalized spacial score (nSPS) is 20.2. The predicted octanol–water partition coefficient (Wildman–Crippen LogP) is 2.85. The van der Waals surface area contributed by atoms with Crippen molar-refractivity contribution in [2.45, 2.75) is 44.4 Å². The van der Waals surface area contributed by atoms with Crippen LogP contribution in [-0.2, 0) is 15.0 Å². The molecule has 2 fully saturated rings. The predicted molar refractivity (Wildman–Crippen MR) is 98.0 cm³/mol. The second kappa shape index (κ2) is 7.60. The first kappa shape index (κ1) is 17.3. The molecule has 2 amide bonds. The first-order valence-electron chi connectivity index (χ1n) is 8.78. The molecule has 0 unspecified atom stereocenters. The number of hydrogen-bond donors (Lipinski definition) is 1. The molecule has 1 saturated heterocycles. The zero-order chi connectivity index (χ0) is 17.0. The van der Waals surface area contributed by atoms with Crippen molar-refractivity contribution in [1.82, 2.24) is 10.2 Å². The van der Waals surface area contributed by atoms with Crippen LogP contribution >= 0.6 is 11.8 Å². The molecule has 5 heteroatoms. The Morgan fingerprint density at radius 3 is 2.75 bits per heavy atom. The third-order valence-corrected chi connectivity index (χ3v) is 6.17. The van der Waals surface area contributed by atoms with E-state index in [1.165, 1.54) is 30.4 Å². The van der Waals surface area contributed by atoms with E-state index in [4.69, 9.17) is 0 Å². The molecule has 0 spiro atoms. The van der Waals surface area contributed by atoms with E-state index in [0.717, 1.165) is 12.8 Å². The number of hydrogen-bond acceptors (Lipinski definition) is 3. The zero-order valence-corrected chi connectivity index (χ0v) is 15.2. The fraction of sp³-hybridized carbons (Fsp3) is 0.579. The van der Waals surface area contributed by atoms with Gasteiger partial charge in [-0.15, -0.1) is 11.8 Å². The molecule has 1 aromatic rings. The molecule has 1 aliphatic carbocycles. The Hall–Kier alpha value is -1.49. The van der Waals surface area contributed by atoms with Crippen LogP contribution in [0.5, 0.6) is 0 Å². The fourth-order valence-electron chi connectivity index (χ4n) is 3.81. The van der Waals surface area contributed by atoms with Crippen LogP contribution in [0.15, 0.2) is 24.3 Å². The molecule has 0 bridgehead atoms. The molecule has 1 heterocycles. The van der Waals surface area contributed by atoms with Gasteiger partial charge in [-0.1, -0.05) is 49.1 Å². The van der Waals surface area contributed by atoms with Crippen LogP contribution < -0.4 is 5.32 Å². The van der Waals surface area contributed by atoms with Gasteiger partial charge in [0, 0.05) is 12.0 Å². The van der Waals surface area contributed by atoms with Crippen LogP contribution in [0, 0.1) is 6.92 Å². The van der Waals surface area contributed by atoms with Crippen molar-refractivity contribution in [3.8, 4) is 0 Å². The quantitative estimate of drug-likeness (QED) is 0.892. The molecule has 24 heavy (non-hydrogen) atoms. The first-order valence-corrected chi connectivity index (χ1v) is 9.94. The van der Waals surface area contributed by atoms with Crippen LogP contribution in [0.3, 0.4) is 0 Å². The molecule has 0 aromatic heterocycles. The summed E-state index contributed by atoms with van der Waals surface area (Å²) in [6.45, 7) is 2.98. The number of nitrogens with one attached hydrogen (secondary N) is 1. The first-order chi connectivity index (χ1) is 11.6. The Bertz CT molecular complexity index is 611. The number of amides is 2. The molecule has 2 aliphatic rings. The molecule has 0 atom stereocenters. The SMILES string of the molecule is Cc1cccc(C2(CNC(=O)CN3CSCC3=O)CCCCC2)c1. The summed E-state index contributed by atoms with van der Waals surface area (Å²) in [6.07, 6.45) is 5.95. The molecule has 3 rings (SSSR count). The molecule has 1 N–H and O–H groups in total. The van der Waals surface area contributed by atoms with Crippen molar-refractivity contribution in [1.29, 1.82) is 0 Å². The molecule has 1 aromatic carbocycles. The lowest BCUT2D eigenvalue weighted by Gasteiger charge is -2.38. The molecule has 130 valence electrons. The van der Waals surface area contributed by atoms with Gasteiger partial charge in [-0.3, -0.25) is 9.59 Å². The summed E-state index contributed by atoms with van der Waals surface area (Å²) < 4.78 is 0. The number of nitrogens with zero attached hydrogens (tertiary/aromatic N) is 1. The average Bonchev–Trinajstić information content (AvgIpc) is 2.99. The summed E-state index contributed by atoms with van der Waals surface area (Å²) in [5, 5.41) is 3.12. The number of carbonyl (C=O) groups is 2. The third kappa shape index (κ3) is 3.94. The van der Waals surface area contributed by atoms with E-state index in [1.807, 2.05) is 0 Å². The van der Waals surface area contributed by atoms with Gasteiger partial charge in [0.15, 0.2) is 0 Å². The lowest BCUT2D eigenvalue weighted by atomic mass is 9.69. The molecular weight excluding hydrogens is 320 g/mol. The van der Waals surface area contributed by atoms with Gasteiger partial charge in [-0.25, -0.2) is 0 Å². The highest BCUT2D eigenvalue weighted by molar-refractivity contribution is 8.00. The summed E-state index contributed by atoms with van der Waals surface area (Å²) >= 11 is 1.57. The average molecular weight is 346 g/mol. The summed E-state index contributed by atoms with van der Waals surface area (Å²) in [4.78, 5) is 25.6. The Morgan fingerprint density at radius 2 is 2.08 bits per heavy atom. The van der Waals surface area contributed by atoms with E-state index >= 15 is 0 Å². The minimum atomic E-state index is -0.0385. The van der Waals surface area contributed by atoms with Crippen molar-refractivity contribution in [3.63, 3.8) is 0 Å². The van der Waals surface area contributed by atoms with Crippen molar-refractivity contribution < 1.29 is 9.59 Å². The molecular formula is C19H26N2O2S. The van der Waals surface area contributed by atoms with Crippen molar-refractivity contribution in [2.75, 3.05) is 24.7 Å². The van der Waals surface area contributed by atoms with E-state index in [1.54, 1.807) is 16.7 Å². The molecule has 0 radical (unpaired) electrons. The minimum absolute atomic E-state index is 0.0385. The largest absolute Gasteiger partial charge is 0.354 e. The molecule has 1 saturated carbocycles. The van der Waals surface area contributed by atoms with Gasteiger partial charge in [0.1, 0.15) is 6.54 Å². The van der Waals surface area contributed by atoms with Crippen LogP contribution in [0.1, 0.15) is 43.2 Å². The Kier molecular flexibility index (Phi) is 5.49. The Balaban J connectivity index is 1.66. The Morgan fingerprint density at radius 1 is 1.29 bits per heavy atom. The van der Waals surface area contributed by atoms with Crippen molar-refractivity contribution in [3.05, 3.63) is 35.4 Å². The maximum absolute atomic E-state index is 12.3. The van der Waals surface area contributed by atoms with Crippen LogP contribution in [0.2, 0.25) is 0 Å². The van der Waals surface area contributed by atoms with E-state index in [0.29, 0.717) is 18.2 Å². The van der Waals surface area contributed by atoms with E-state index in [9.17, 15) is 9.59 Å². The van der Waals surface area contributed by atoms with E-state index in [2.05, 4.69) is 36.5 Å². The van der Waals surface area contributed by atoms with Gasteiger partial charge < -0.3 is 10.2 Å². The Labute approximate surface area is 148 Å². The number of carbonyl (C=O) groups excluding carboxylic acids is 2. The zero-order valence-electron chi connectivity index (χ0n) is 14.3. The van der Waals surface area contributed by atoms with E-state index in [-0.39, 0.29) is 23.8 Å². The van der Waals surface area contributed by atoms with Gasteiger partial charge >= 0.3 is 0 Å². The maximum atomic E-state index is 12.3. The summed E-state index contributed by atoms with van der Waals surface area (Å²) in [5.41, 5.74) is 2.66. The fourth-order valence-corrected chi connectivity index (χ4v) is 4.71.